The zero-order valence-electron chi connectivity index (χ0n) is 21.3. The maximum absolute atomic E-state index is 6.86. The molecule has 0 saturated carbocycles. The molecule has 0 saturated heterocycles. The number of fused-ring (bicyclic) bond motifs is 10. The first-order valence-electron chi connectivity index (χ1n) is 13.9. The van der Waals surface area contributed by atoms with E-state index in [1.54, 1.807) is 0 Å². The molecule has 40 heavy (non-hydrogen) atoms. The molecule has 0 unspecified atom stereocenters. The Bertz CT molecular complexity index is 2560. The van der Waals surface area contributed by atoms with E-state index in [-0.39, 0.29) is 6.85 Å². The minimum absolute atomic E-state index is 0.0215. The van der Waals surface area contributed by atoms with E-state index in [1.807, 2.05) is 0 Å². The van der Waals surface area contributed by atoms with Gasteiger partial charge in [-0.15, -0.1) is 0 Å². The summed E-state index contributed by atoms with van der Waals surface area (Å²) in [5.74, 6) is 0. The molecule has 5 heterocycles. The highest BCUT2D eigenvalue weighted by Gasteiger charge is 2.45. The molecule has 4 heteroatoms. The van der Waals surface area contributed by atoms with Gasteiger partial charge in [-0.2, -0.15) is 0 Å². The third-order valence-corrected chi connectivity index (χ3v) is 9.46. The topological polar surface area (TPSA) is 20.8 Å². The Labute approximate surface area is 228 Å². The van der Waals surface area contributed by atoms with Crippen molar-refractivity contribution in [3.63, 3.8) is 0 Å². The number of hydrogen-bond donors (Lipinski definition) is 0. The molecule has 0 atom stereocenters. The van der Waals surface area contributed by atoms with Crippen LogP contribution >= 0.6 is 0 Å². The monoisotopic (exact) mass is 506 g/mol. The van der Waals surface area contributed by atoms with Crippen molar-refractivity contribution in [2.45, 2.75) is 0 Å². The van der Waals surface area contributed by atoms with E-state index in [9.17, 15) is 0 Å². The van der Waals surface area contributed by atoms with Gasteiger partial charge in [0.1, 0.15) is 11.2 Å². The molecule has 9 aromatic rings. The van der Waals surface area contributed by atoms with E-state index in [4.69, 9.17) is 4.42 Å². The lowest BCUT2D eigenvalue weighted by Gasteiger charge is -2.40. The Morgan fingerprint density at radius 3 is 2.20 bits per heavy atom. The summed E-state index contributed by atoms with van der Waals surface area (Å²) in [6, 6.07) is 42.0. The molecule has 11 rings (SSSR count). The number of hydrogen-bond acceptors (Lipinski definition) is 2. The molecule has 0 aliphatic carbocycles. The van der Waals surface area contributed by atoms with Gasteiger partial charge >= 0.3 is 6.85 Å². The van der Waals surface area contributed by atoms with Crippen LogP contribution in [0.15, 0.2) is 120 Å². The van der Waals surface area contributed by atoms with E-state index >= 15 is 0 Å². The van der Waals surface area contributed by atoms with Crippen molar-refractivity contribution >= 4 is 89.2 Å². The van der Waals surface area contributed by atoms with Crippen molar-refractivity contribution in [2.75, 3.05) is 4.81 Å². The molecule has 0 radical (unpaired) electrons. The van der Waals surface area contributed by atoms with Crippen molar-refractivity contribution in [3.05, 3.63) is 115 Å². The molecular weight excluding hydrogens is 487 g/mol. The first-order chi connectivity index (χ1) is 19.9. The van der Waals surface area contributed by atoms with E-state index in [0.29, 0.717) is 0 Å². The second-order valence-electron chi connectivity index (χ2n) is 11.2. The largest absolute Gasteiger partial charge is 0.455 e. The standard InChI is InChI=1S/C36H19BN2O/c1-2-10-20(11-3-1)39-27-18-6-4-12-23(27)31-32-35-29(30-24-13-5-7-19-28(24)40-36(30)31)25-16-8-14-21-22-15-9-17-26(37(32)39)34(22)38(35)33(21)25/h1-19H. The third kappa shape index (κ3) is 2.00. The predicted molar refractivity (Wildman–Crippen MR) is 167 cm³/mol. The van der Waals surface area contributed by atoms with Gasteiger partial charge in [-0.3, -0.25) is 0 Å². The van der Waals surface area contributed by atoms with Gasteiger partial charge in [0.15, 0.2) is 0 Å². The van der Waals surface area contributed by atoms with Crippen molar-refractivity contribution in [1.29, 1.82) is 0 Å². The number of aromatic nitrogens is 1. The maximum atomic E-state index is 6.86. The summed E-state index contributed by atoms with van der Waals surface area (Å²) in [5, 5.41) is 7.69. The SMILES string of the molecule is c1ccc(N2B3c4cccc5c6cccc7c8c9c(oc%10ccccc%109)c(c3c8n(c45)c67)-c3ccccc32)cc1. The van der Waals surface area contributed by atoms with E-state index in [0.717, 1.165) is 11.2 Å². The van der Waals surface area contributed by atoms with Crippen LogP contribution in [0.25, 0.3) is 71.2 Å². The van der Waals surface area contributed by atoms with Gasteiger partial charge in [0, 0.05) is 54.8 Å². The van der Waals surface area contributed by atoms with Crippen molar-refractivity contribution in [2.24, 2.45) is 0 Å². The van der Waals surface area contributed by atoms with Gasteiger partial charge < -0.3 is 13.6 Å². The minimum atomic E-state index is 0.0215. The summed E-state index contributed by atoms with van der Waals surface area (Å²) in [6.45, 7) is 0.0215. The van der Waals surface area contributed by atoms with Crippen LogP contribution in [0, 0.1) is 0 Å². The van der Waals surface area contributed by atoms with Crippen LogP contribution in [0.5, 0.6) is 0 Å². The Balaban J connectivity index is 1.51. The van der Waals surface area contributed by atoms with E-state index < -0.39 is 0 Å². The Morgan fingerprint density at radius 2 is 1.27 bits per heavy atom. The second kappa shape index (κ2) is 6.49. The quantitative estimate of drug-likeness (QED) is 0.211. The van der Waals surface area contributed by atoms with Crippen LogP contribution in [0.2, 0.25) is 0 Å². The number of furan rings is 1. The van der Waals surface area contributed by atoms with Crippen molar-refractivity contribution < 1.29 is 4.42 Å². The minimum Gasteiger partial charge on any atom is -0.455 e. The molecule has 0 N–H and O–H groups in total. The highest BCUT2D eigenvalue weighted by molar-refractivity contribution is 6.95. The van der Waals surface area contributed by atoms with Gasteiger partial charge in [0.2, 0.25) is 0 Å². The van der Waals surface area contributed by atoms with Crippen LogP contribution in [-0.4, -0.2) is 11.2 Å². The molecule has 0 bridgehead atoms. The van der Waals surface area contributed by atoms with E-state index in [1.165, 1.54) is 82.3 Å². The summed E-state index contributed by atoms with van der Waals surface area (Å²) in [6.07, 6.45) is 0. The molecular formula is C36H19BN2O. The van der Waals surface area contributed by atoms with Crippen molar-refractivity contribution in [1.82, 2.24) is 4.40 Å². The zero-order chi connectivity index (χ0) is 25.7. The summed E-state index contributed by atoms with van der Waals surface area (Å²) in [4.78, 5) is 2.56. The second-order valence-corrected chi connectivity index (χ2v) is 11.2. The van der Waals surface area contributed by atoms with Crippen LogP contribution in [0.3, 0.4) is 0 Å². The maximum Gasteiger partial charge on any atom is 0.333 e. The van der Waals surface area contributed by atoms with Crippen LogP contribution in [-0.2, 0) is 0 Å². The predicted octanol–water partition coefficient (Wildman–Crippen LogP) is 7.97. The van der Waals surface area contributed by atoms with Crippen LogP contribution in [0.1, 0.15) is 0 Å². The molecule has 2 aliphatic heterocycles. The highest BCUT2D eigenvalue weighted by Crippen LogP contribution is 2.51. The number of nitrogens with zero attached hydrogens (tertiary/aromatic N) is 2. The lowest BCUT2D eigenvalue weighted by molar-refractivity contribution is 0.670. The van der Waals surface area contributed by atoms with Gasteiger partial charge in [-0.05, 0) is 35.2 Å². The fourth-order valence-corrected chi connectivity index (χ4v) is 8.11. The zero-order valence-corrected chi connectivity index (χ0v) is 21.3. The summed E-state index contributed by atoms with van der Waals surface area (Å²) in [7, 11) is 0. The number of anilines is 2. The number of benzene rings is 6. The Kier molecular flexibility index (Phi) is 3.21. The smallest absolute Gasteiger partial charge is 0.333 e. The number of rotatable bonds is 1. The Hall–Kier alpha value is -5.22. The summed E-state index contributed by atoms with van der Waals surface area (Å²) >= 11 is 0. The first-order valence-corrected chi connectivity index (χ1v) is 13.9. The average Bonchev–Trinajstić information content (AvgIpc) is 3.67. The molecule has 0 spiro atoms. The Morgan fingerprint density at radius 1 is 0.550 bits per heavy atom. The third-order valence-electron chi connectivity index (χ3n) is 9.46. The molecule has 3 nitrogen and oxygen atoms in total. The molecule has 182 valence electrons. The van der Waals surface area contributed by atoms with E-state index in [2.05, 4.69) is 124 Å². The highest BCUT2D eigenvalue weighted by atomic mass is 16.3. The van der Waals surface area contributed by atoms with Gasteiger partial charge in [0.25, 0.3) is 0 Å². The molecule has 2 aliphatic rings. The molecule has 0 fully saturated rings. The van der Waals surface area contributed by atoms with Gasteiger partial charge in [0.05, 0.1) is 16.6 Å². The lowest BCUT2D eigenvalue weighted by atomic mass is 9.44. The lowest BCUT2D eigenvalue weighted by Crippen LogP contribution is -2.59. The molecule has 0 amide bonds. The first kappa shape index (κ1) is 19.8. The van der Waals surface area contributed by atoms with Crippen LogP contribution in [0.4, 0.5) is 11.4 Å². The average molecular weight is 506 g/mol. The number of para-hydroxylation sites is 5. The van der Waals surface area contributed by atoms with Gasteiger partial charge in [-0.1, -0.05) is 91.0 Å². The fraction of sp³-hybridized carbons (Fsp3) is 0. The normalized spacial score (nSPS) is 13.9. The van der Waals surface area contributed by atoms with Crippen LogP contribution < -0.4 is 15.7 Å². The fourth-order valence-electron chi connectivity index (χ4n) is 8.11. The summed E-state index contributed by atoms with van der Waals surface area (Å²) in [5.41, 5.74) is 13.5. The van der Waals surface area contributed by atoms with Gasteiger partial charge in [-0.25, -0.2) is 0 Å². The molecule has 3 aromatic heterocycles. The van der Waals surface area contributed by atoms with Crippen molar-refractivity contribution in [3.8, 4) is 11.1 Å². The summed E-state index contributed by atoms with van der Waals surface area (Å²) < 4.78 is 9.44. The molecule has 6 aromatic carbocycles.